The van der Waals surface area contributed by atoms with E-state index in [1.807, 2.05) is 18.7 Å². The maximum absolute atomic E-state index is 11.0. The number of carbonyl (C=O) groups is 1. The van der Waals surface area contributed by atoms with Gasteiger partial charge in [0.05, 0.1) is 6.61 Å². The Bertz CT molecular complexity index is 203. The van der Waals surface area contributed by atoms with Crippen molar-refractivity contribution >= 4 is 17.7 Å². The lowest BCUT2D eigenvalue weighted by atomic mass is 10.2. The number of rotatable bonds is 5. The molecule has 1 fully saturated rings. The van der Waals surface area contributed by atoms with Crippen LogP contribution in [0.15, 0.2) is 11.0 Å². The molecule has 0 amide bonds. The van der Waals surface area contributed by atoms with E-state index in [9.17, 15) is 4.79 Å². The summed E-state index contributed by atoms with van der Waals surface area (Å²) < 4.78 is 4.85. The Morgan fingerprint density at radius 1 is 1.64 bits per heavy atom. The quantitative estimate of drug-likeness (QED) is 0.519. The SMILES string of the molecule is CCOC(=O)CCC/C=C1\CCCS1. The molecule has 1 heterocycles. The number of unbranched alkanes of at least 4 members (excludes halogenated alkanes) is 1. The highest BCUT2D eigenvalue weighted by atomic mass is 32.2. The van der Waals surface area contributed by atoms with Gasteiger partial charge in [-0.15, -0.1) is 11.8 Å². The number of hydrogen-bond acceptors (Lipinski definition) is 3. The average molecular weight is 214 g/mol. The highest BCUT2D eigenvalue weighted by molar-refractivity contribution is 8.03. The average Bonchev–Trinajstić information content (AvgIpc) is 2.65. The van der Waals surface area contributed by atoms with E-state index in [1.54, 1.807) is 0 Å². The van der Waals surface area contributed by atoms with Crippen LogP contribution in [0.1, 0.15) is 39.0 Å². The van der Waals surface area contributed by atoms with Crippen molar-refractivity contribution in [3.63, 3.8) is 0 Å². The summed E-state index contributed by atoms with van der Waals surface area (Å²) in [6.07, 6.45) is 7.32. The molecule has 1 rings (SSSR count). The van der Waals surface area contributed by atoms with Gasteiger partial charge in [-0.05, 0) is 43.3 Å². The molecule has 0 unspecified atom stereocenters. The van der Waals surface area contributed by atoms with Crippen LogP contribution in [0.3, 0.4) is 0 Å². The van der Waals surface area contributed by atoms with Crippen molar-refractivity contribution in [3.8, 4) is 0 Å². The molecule has 14 heavy (non-hydrogen) atoms. The summed E-state index contributed by atoms with van der Waals surface area (Å²) in [4.78, 5) is 12.5. The Labute approximate surface area is 90.1 Å². The Morgan fingerprint density at radius 2 is 2.50 bits per heavy atom. The van der Waals surface area contributed by atoms with Gasteiger partial charge in [0.1, 0.15) is 0 Å². The van der Waals surface area contributed by atoms with E-state index < -0.39 is 0 Å². The summed E-state index contributed by atoms with van der Waals surface area (Å²) in [5.74, 6) is 1.20. The van der Waals surface area contributed by atoms with Crippen molar-refractivity contribution in [2.75, 3.05) is 12.4 Å². The molecule has 0 bridgehead atoms. The molecule has 0 spiro atoms. The minimum Gasteiger partial charge on any atom is -0.466 e. The van der Waals surface area contributed by atoms with Crippen LogP contribution >= 0.6 is 11.8 Å². The summed E-state index contributed by atoms with van der Waals surface area (Å²) in [5.41, 5.74) is 0. The molecule has 0 aromatic carbocycles. The van der Waals surface area contributed by atoms with Gasteiger partial charge in [0.2, 0.25) is 0 Å². The van der Waals surface area contributed by atoms with Crippen LogP contribution in [0, 0.1) is 0 Å². The van der Waals surface area contributed by atoms with Gasteiger partial charge < -0.3 is 4.74 Å². The molecule has 1 saturated heterocycles. The van der Waals surface area contributed by atoms with Gasteiger partial charge in [-0.2, -0.15) is 0 Å². The van der Waals surface area contributed by atoms with E-state index in [1.165, 1.54) is 23.5 Å². The molecule has 0 N–H and O–H groups in total. The van der Waals surface area contributed by atoms with Gasteiger partial charge in [-0.3, -0.25) is 4.79 Å². The maximum atomic E-state index is 11.0. The molecule has 0 aromatic heterocycles. The number of hydrogen-bond donors (Lipinski definition) is 0. The normalized spacial score (nSPS) is 18.8. The van der Waals surface area contributed by atoms with Gasteiger partial charge in [-0.25, -0.2) is 0 Å². The Morgan fingerprint density at radius 3 is 3.14 bits per heavy atom. The fraction of sp³-hybridized carbons (Fsp3) is 0.727. The van der Waals surface area contributed by atoms with Crippen molar-refractivity contribution < 1.29 is 9.53 Å². The Kier molecular flexibility index (Phi) is 5.76. The topological polar surface area (TPSA) is 26.3 Å². The molecule has 0 aliphatic carbocycles. The van der Waals surface area contributed by atoms with Gasteiger partial charge in [0, 0.05) is 6.42 Å². The van der Waals surface area contributed by atoms with Crippen LogP contribution in [0.4, 0.5) is 0 Å². The van der Waals surface area contributed by atoms with Crippen LogP contribution in [-0.4, -0.2) is 18.3 Å². The maximum Gasteiger partial charge on any atom is 0.305 e. The van der Waals surface area contributed by atoms with Crippen molar-refractivity contribution in [2.24, 2.45) is 0 Å². The molecule has 1 aliphatic heterocycles. The van der Waals surface area contributed by atoms with Crippen molar-refractivity contribution in [1.82, 2.24) is 0 Å². The number of esters is 1. The summed E-state index contributed by atoms with van der Waals surface area (Å²) >= 11 is 1.96. The molecular weight excluding hydrogens is 196 g/mol. The Hall–Kier alpha value is -0.440. The van der Waals surface area contributed by atoms with Gasteiger partial charge >= 0.3 is 5.97 Å². The molecule has 0 aromatic rings. The van der Waals surface area contributed by atoms with Gasteiger partial charge in [0.15, 0.2) is 0 Å². The minimum absolute atomic E-state index is 0.0648. The molecular formula is C11H18O2S. The van der Waals surface area contributed by atoms with Crippen molar-refractivity contribution in [1.29, 1.82) is 0 Å². The molecule has 80 valence electrons. The monoisotopic (exact) mass is 214 g/mol. The summed E-state index contributed by atoms with van der Waals surface area (Å²) in [7, 11) is 0. The van der Waals surface area contributed by atoms with E-state index in [0.29, 0.717) is 13.0 Å². The van der Waals surface area contributed by atoms with Crippen molar-refractivity contribution in [2.45, 2.75) is 39.0 Å². The third-order valence-electron chi connectivity index (χ3n) is 2.12. The standard InChI is InChI=1S/C11H18O2S/c1-2-13-11(12)8-4-3-6-10-7-5-9-14-10/h6H,2-5,7-9H2,1H3/b10-6+. The van der Waals surface area contributed by atoms with E-state index >= 15 is 0 Å². The van der Waals surface area contributed by atoms with Crippen molar-refractivity contribution in [3.05, 3.63) is 11.0 Å². The largest absolute Gasteiger partial charge is 0.466 e. The number of thioether (sulfide) groups is 1. The van der Waals surface area contributed by atoms with E-state index in [-0.39, 0.29) is 5.97 Å². The van der Waals surface area contributed by atoms with E-state index in [2.05, 4.69) is 6.08 Å². The summed E-state index contributed by atoms with van der Waals surface area (Å²) in [6, 6.07) is 0. The number of carbonyl (C=O) groups excluding carboxylic acids is 1. The second-order valence-corrected chi connectivity index (χ2v) is 4.54. The fourth-order valence-electron chi connectivity index (χ4n) is 1.43. The smallest absolute Gasteiger partial charge is 0.305 e. The van der Waals surface area contributed by atoms with Gasteiger partial charge in [-0.1, -0.05) is 6.08 Å². The molecule has 1 aliphatic rings. The minimum atomic E-state index is -0.0648. The zero-order chi connectivity index (χ0) is 10.2. The second kappa shape index (κ2) is 6.93. The van der Waals surface area contributed by atoms with Crippen LogP contribution < -0.4 is 0 Å². The predicted octanol–water partition coefficient (Wildman–Crippen LogP) is 3.13. The third-order valence-corrected chi connectivity index (χ3v) is 3.35. The lowest BCUT2D eigenvalue weighted by Crippen LogP contribution is -2.02. The summed E-state index contributed by atoms with van der Waals surface area (Å²) in [5, 5.41) is 0. The second-order valence-electron chi connectivity index (χ2n) is 3.32. The molecule has 0 atom stereocenters. The highest BCUT2D eigenvalue weighted by Crippen LogP contribution is 2.30. The first kappa shape index (κ1) is 11.6. The molecule has 3 heteroatoms. The molecule has 2 nitrogen and oxygen atoms in total. The van der Waals surface area contributed by atoms with E-state index in [0.717, 1.165) is 12.8 Å². The lowest BCUT2D eigenvalue weighted by molar-refractivity contribution is -0.143. The first-order chi connectivity index (χ1) is 6.83. The lowest BCUT2D eigenvalue weighted by Gasteiger charge is -1.99. The molecule has 0 saturated carbocycles. The first-order valence-electron chi connectivity index (χ1n) is 5.30. The van der Waals surface area contributed by atoms with Crippen LogP contribution in [0.25, 0.3) is 0 Å². The van der Waals surface area contributed by atoms with Crippen LogP contribution in [0.5, 0.6) is 0 Å². The molecule has 0 radical (unpaired) electrons. The van der Waals surface area contributed by atoms with Crippen LogP contribution in [0.2, 0.25) is 0 Å². The first-order valence-corrected chi connectivity index (χ1v) is 6.29. The zero-order valence-electron chi connectivity index (χ0n) is 8.75. The predicted molar refractivity (Wildman–Crippen MR) is 60.3 cm³/mol. The summed E-state index contributed by atoms with van der Waals surface area (Å²) in [6.45, 7) is 2.34. The third kappa shape index (κ3) is 4.70. The zero-order valence-corrected chi connectivity index (χ0v) is 9.57. The number of allylic oxidation sites excluding steroid dienone is 2. The fourth-order valence-corrected chi connectivity index (χ4v) is 2.50. The van der Waals surface area contributed by atoms with Crippen LogP contribution in [-0.2, 0) is 9.53 Å². The van der Waals surface area contributed by atoms with E-state index in [4.69, 9.17) is 4.74 Å². The Balaban J connectivity index is 2.03. The highest BCUT2D eigenvalue weighted by Gasteiger charge is 2.06. The van der Waals surface area contributed by atoms with Gasteiger partial charge in [0.25, 0.3) is 0 Å². The number of ether oxygens (including phenoxy) is 1.